The number of nitrogens with zero attached hydrogens (tertiary/aromatic N) is 1. The molecule has 80 valence electrons. The molecule has 0 aliphatic carbocycles. The van der Waals surface area contributed by atoms with E-state index in [9.17, 15) is 14.5 Å². The van der Waals surface area contributed by atoms with Crippen LogP contribution in [0.1, 0.15) is 0 Å². The molecule has 0 saturated heterocycles. The molecule has 6 heteroatoms. The number of anilines is 1. The van der Waals surface area contributed by atoms with E-state index in [0.29, 0.717) is 0 Å². The van der Waals surface area contributed by atoms with Gasteiger partial charge in [-0.15, -0.1) is 0 Å². The zero-order valence-electron chi connectivity index (χ0n) is 7.68. The van der Waals surface area contributed by atoms with Crippen LogP contribution in [0.5, 0.6) is 0 Å². The van der Waals surface area contributed by atoms with E-state index in [1.54, 1.807) is 0 Å². The third-order valence-electron chi connectivity index (χ3n) is 1.68. The Morgan fingerprint density at radius 3 is 2.87 bits per heavy atom. The van der Waals surface area contributed by atoms with Crippen LogP contribution in [-0.2, 0) is 0 Å². The summed E-state index contributed by atoms with van der Waals surface area (Å²) in [4.78, 5) is 9.55. The molecule has 2 N–H and O–H groups in total. The maximum Gasteiger partial charge on any atom is 0.306 e. The molecule has 0 spiro atoms. The third kappa shape index (κ3) is 2.75. The average molecular weight is 212 g/mol. The van der Waals surface area contributed by atoms with E-state index in [0.717, 1.165) is 12.1 Å². The Morgan fingerprint density at radius 1 is 1.67 bits per heavy atom. The Hall–Kier alpha value is -1.95. The lowest BCUT2D eigenvalue weighted by molar-refractivity contribution is -0.387. The second-order valence-electron chi connectivity index (χ2n) is 2.75. The molecule has 0 fully saturated rings. The number of nitro benzene ring substituents is 1. The van der Waals surface area contributed by atoms with Gasteiger partial charge >= 0.3 is 5.69 Å². The largest absolute Gasteiger partial charge is 0.370 e. The summed E-state index contributed by atoms with van der Waals surface area (Å²) in [6.07, 6.45) is 0.171. The van der Waals surface area contributed by atoms with Crippen molar-refractivity contribution >= 4 is 11.4 Å². The maximum absolute atomic E-state index is 12.9. The highest BCUT2D eigenvalue weighted by Crippen LogP contribution is 2.21. The average Bonchev–Trinajstić information content (AvgIpc) is 2.20. The Morgan fingerprint density at radius 2 is 2.33 bits per heavy atom. The quantitative estimate of drug-likeness (QED) is 0.344. The van der Waals surface area contributed by atoms with Gasteiger partial charge in [-0.3, -0.25) is 10.1 Å². The highest BCUT2D eigenvalue weighted by atomic mass is 19.1. The van der Waals surface area contributed by atoms with Crippen molar-refractivity contribution in [2.45, 2.75) is 6.23 Å². The van der Waals surface area contributed by atoms with Crippen LogP contribution in [0.15, 0.2) is 30.9 Å². The molecular weight excluding hydrogens is 203 g/mol. The van der Waals surface area contributed by atoms with Gasteiger partial charge in [0, 0.05) is 11.8 Å². The second kappa shape index (κ2) is 4.52. The van der Waals surface area contributed by atoms with Crippen LogP contribution in [0, 0.1) is 15.9 Å². The first-order valence-electron chi connectivity index (χ1n) is 4.05. The number of aliphatic hydroxyl groups excluding tert-OH is 1. The Kier molecular flexibility index (Phi) is 3.35. The van der Waals surface area contributed by atoms with Crippen molar-refractivity contribution < 1.29 is 14.4 Å². The number of aliphatic hydroxyl groups is 1. The van der Waals surface area contributed by atoms with Crippen LogP contribution < -0.4 is 5.32 Å². The van der Waals surface area contributed by atoms with E-state index in [1.807, 2.05) is 0 Å². The van der Waals surface area contributed by atoms with Gasteiger partial charge in [-0.2, -0.15) is 4.39 Å². The fraction of sp³-hybridized carbons (Fsp3) is 0.111. The first-order chi connectivity index (χ1) is 7.04. The molecule has 0 bridgehead atoms. The van der Waals surface area contributed by atoms with Gasteiger partial charge in [0.25, 0.3) is 0 Å². The lowest BCUT2D eigenvalue weighted by Crippen LogP contribution is -2.14. The van der Waals surface area contributed by atoms with Crippen molar-refractivity contribution in [2.24, 2.45) is 0 Å². The van der Waals surface area contributed by atoms with Crippen LogP contribution in [0.3, 0.4) is 0 Å². The first kappa shape index (κ1) is 11.1. The number of halogens is 1. The molecule has 15 heavy (non-hydrogen) atoms. The normalized spacial score (nSPS) is 11.9. The van der Waals surface area contributed by atoms with Crippen LogP contribution in [0.25, 0.3) is 0 Å². The Labute approximate surface area is 85.0 Å². The van der Waals surface area contributed by atoms with Gasteiger partial charge in [-0.25, -0.2) is 0 Å². The van der Waals surface area contributed by atoms with E-state index in [-0.39, 0.29) is 5.69 Å². The molecule has 0 amide bonds. The summed E-state index contributed by atoms with van der Waals surface area (Å²) in [5.74, 6) is -0.918. The van der Waals surface area contributed by atoms with Crippen molar-refractivity contribution in [1.29, 1.82) is 0 Å². The molecule has 1 aromatic rings. The zero-order valence-corrected chi connectivity index (χ0v) is 7.68. The third-order valence-corrected chi connectivity index (χ3v) is 1.68. The smallest absolute Gasteiger partial charge is 0.306 e. The fourth-order valence-electron chi connectivity index (χ4n) is 0.972. The summed E-state index contributed by atoms with van der Waals surface area (Å²) in [5, 5.41) is 22.0. The van der Waals surface area contributed by atoms with Crippen LogP contribution >= 0.6 is 0 Å². The molecule has 1 atom stereocenters. The molecule has 0 aromatic heterocycles. The lowest BCUT2D eigenvalue weighted by atomic mass is 10.2. The molecule has 0 saturated carbocycles. The highest BCUT2D eigenvalue weighted by molar-refractivity contribution is 5.52. The fourth-order valence-corrected chi connectivity index (χ4v) is 0.972. The number of hydrogen-bond acceptors (Lipinski definition) is 4. The van der Waals surface area contributed by atoms with Crippen molar-refractivity contribution in [3.8, 4) is 0 Å². The topological polar surface area (TPSA) is 75.4 Å². The number of nitrogens with one attached hydrogen (secondary N) is 1. The van der Waals surface area contributed by atoms with Gasteiger partial charge in [0.05, 0.1) is 4.92 Å². The molecule has 0 radical (unpaired) electrons. The summed E-state index contributed by atoms with van der Waals surface area (Å²) in [6.45, 7) is 3.31. The van der Waals surface area contributed by atoms with Crippen LogP contribution in [0.2, 0.25) is 0 Å². The SMILES string of the molecule is C=CC(O)Nc1ccc(F)c([N+](=O)[O-])c1. The minimum atomic E-state index is -1.03. The molecular formula is C9H9FN2O3. The summed E-state index contributed by atoms with van der Waals surface area (Å²) in [6, 6.07) is 3.24. The molecule has 1 aromatic carbocycles. The molecule has 1 unspecified atom stereocenters. The Balaban J connectivity index is 2.97. The summed E-state index contributed by atoms with van der Waals surface area (Å²) >= 11 is 0. The van der Waals surface area contributed by atoms with Crippen molar-refractivity contribution in [2.75, 3.05) is 5.32 Å². The van der Waals surface area contributed by atoms with Crippen LogP contribution in [0.4, 0.5) is 15.8 Å². The van der Waals surface area contributed by atoms with Crippen molar-refractivity contribution in [3.63, 3.8) is 0 Å². The predicted molar refractivity (Wildman–Crippen MR) is 52.9 cm³/mol. The molecule has 0 aliphatic heterocycles. The van der Waals surface area contributed by atoms with E-state index in [2.05, 4.69) is 11.9 Å². The van der Waals surface area contributed by atoms with Crippen molar-refractivity contribution in [3.05, 3.63) is 46.8 Å². The van der Waals surface area contributed by atoms with E-state index >= 15 is 0 Å². The minimum absolute atomic E-state index is 0.246. The molecule has 0 aliphatic rings. The van der Waals surface area contributed by atoms with Gasteiger partial charge in [0.2, 0.25) is 5.82 Å². The minimum Gasteiger partial charge on any atom is -0.370 e. The maximum atomic E-state index is 12.9. The second-order valence-corrected chi connectivity index (χ2v) is 2.75. The zero-order chi connectivity index (χ0) is 11.4. The van der Waals surface area contributed by atoms with Gasteiger partial charge in [0.1, 0.15) is 6.23 Å². The summed E-state index contributed by atoms with van der Waals surface area (Å²) in [7, 11) is 0. The predicted octanol–water partition coefficient (Wildman–Crippen LogP) is 1.65. The number of rotatable bonds is 4. The molecule has 0 heterocycles. The summed E-state index contributed by atoms with van der Waals surface area (Å²) < 4.78 is 12.9. The Bertz CT molecular complexity index is 395. The monoisotopic (exact) mass is 212 g/mol. The molecule has 5 nitrogen and oxygen atoms in total. The van der Waals surface area contributed by atoms with Gasteiger partial charge in [-0.1, -0.05) is 6.58 Å². The van der Waals surface area contributed by atoms with Gasteiger partial charge < -0.3 is 10.4 Å². The van der Waals surface area contributed by atoms with Crippen LogP contribution in [-0.4, -0.2) is 16.3 Å². The lowest BCUT2D eigenvalue weighted by Gasteiger charge is -2.09. The highest BCUT2D eigenvalue weighted by Gasteiger charge is 2.14. The van der Waals surface area contributed by atoms with Gasteiger partial charge in [0.15, 0.2) is 0 Å². The number of nitro groups is 1. The molecule has 1 rings (SSSR count). The first-order valence-corrected chi connectivity index (χ1v) is 4.05. The van der Waals surface area contributed by atoms with Gasteiger partial charge in [-0.05, 0) is 18.2 Å². The van der Waals surface area contributed by atoms with E-state index in [4.69, 9.17) is 5.11 Å². The van der Waals surface area contributed by atoms with Crippen molar-refractivity contribution in [1.82, 2.24) is 0 Å². The standard InChI is InChI=1S/C9H9FN2O3/c1-2-9(13)11-6-3-4-7(10)8(5-6)12(14)15/h2-5,9,11,13H,1H2. The van der Waals surface area contributed by atoms with E-state index < -0.39 is 22.7 Å². The van der Waals surface area contributed by atoms with E-state index in [1.165, 1.54) is 12.1 Å². The summed E-state index contributed by atoms with van der Waals surface area (Å²) in [5.41, 5.74) is -0.397. The number of hydrogen-bond donors (Lipinski definition) is 2. The number of benzene rings is 1.